The summed E-state index contributed by atoms with van der Waals surface area (Å²) in [6, 6.07) is 0. The standard InChI is InChI=1S/C5H10O4S/c1-3-5(6)4(2)10(7,8)9-3/h3-6H,1-2H3. The molecule has 3 unspecified atom stereocenters. The van der Waals surface area contributed by atoms with Crippen molar-refractivity contribution in [2.45, 2.75) is 31.3 Å². The van der Waals surface area contributed by atoms with Crippen LogP contribution in [0.15, 0.2) is 0 Å². The highest BCUT2D eigenvalue weighted by Gasteiger charge is 2.42. The molecule has 1 aliphatic rings. The summed E-state index contributed by atoms with van der Waals surface area (Å²) in [6.07, 6.45) is -1.48. The van der Waals surface area contributed by atoms with Gasteiger partial charge in [-0.3, -0.25) is 4.18 Å². The largest absolute Gasteiger partial charge is 0.389 e. The number of aliphatic hydroxyl groups is 1. The Morgan fingerprint density at radius 3 is 2.00 bits per heavy atom. The van der Waals surface area contributed by atoms with Gasteiger partial charge in [0.15, 0.2) is 0 Å². The Morgan fingerprint density at radius 1 is 1.40 bits per heavy atom. The highest BCUT2D eigenvalue weighted by atomic mass is 32.2. The van der Waals surface area contributed by atoms with Gasteiger partial charge in [0.1, 0.15) is 17.5 Å². The smallest absolute Gasteiger partial charge is 0.272 e. The second kappa shape index (κ2) is 2.18. The van der Waals surface area contributed by atoms with Gasteiger partial charge in [-0.15, -0.1) is 0 Å². The van der Waals surface area contributed by atoms with E-state index < -0.39 is 27.6 Å². The minimum absolute atomic E-state index is 0.597. The van der Waals surface area contributed by atoms with Crippen LogP contribution in [0.4, 0.5) is 0 Å². The van der Waals surface area contributed by atoms with Gasteiger partial charge in [0.25, 0.3) is 10.1 Å². The molecule has 0 radical (unpaired) electrons. The molecule has 1 N–H and O–H groups in total. The maximum Gasteiger partial charge on any atom is 0.272 e. The molecule has 0 aromatic carbocycles. The van der Waals surface area contributed by atoms with Crippen molar-refractivity contribution in [3.05, 3.63) is 0 Å². The summed E-state index contributed by atoms with van der Waals surface area (Å²) in [7, 11) is -3.47. The molecular formula is C5H10O4S. The fourth-order valence-corrected chi connectivity index (χ4v) is 2.18. The van der Waals surface area contributed by atoms with Crippen LogP contribution in [-0.2, 0) is 14.3 Å². The van der Waals surface area contributed by atoms with Gasteiger partial charge in [-0.05, 0) is 13.8 Å². The second-order valence-electron chi connectivity index (χ2n) is 2.49. The molecular weight excluding hydrogens is 156 g/mol. The van der Waals surface area contributed by atoms with Crippen molar-refractivity contribution in [1.82, 2.24) is 0 Å². The van der Waals surface area contributed by atoms with E-state index in [0.29, 0.717) is 0 Å². The first kappa shape index (κ1) is 7.97. The SMILES string of the molecule is CC1OS(=O)(=O)C(C)C1O. The fourth-order valence-electron chi connectivity index (χ4n) is 0.909. The first-order valence-electron chi connectivity index (χ1n) is 3.05. The maximum atomic E-state index is 10.8. The van der Waals surface area contributed by atoms with Gasteiger partial charge >= 0.3 is 0 Å². The molecule has 3 atom stereocenters. The topological polar surface area (TPSA) is 63.6 Å². The summed E-state index contributed by atoms with van der Waals surface area (Å²) >= 11 is 0. The number of rotatable bonds is 0. The van der Waals surface area contributed by atoms with E-state index in [4.69, 9.17) is 5.11 Å². The van der Waals surface area contributed by atoms with Crippen molar-refractivity contribution < 1.29 is 17.7 Å². The molecule has 0 bridgehead atoms. The molecule has 0 aromatic heterocycles. The van der Waals surface area contributed by atoms with Crippen molar-refractivity contribution in [2.75, 3.05) is 0 Å². The summed E-state index contributed by atoms with van der Waals surface area (Å²) in [5.41, 5.74) is 0. The van der Waals surface area contributed by atoms with Crippen LogP contribution in [0.2, 0.25) is 0 Å². The monoisotopic (exact) mass is 166 g/mol. The summed E-state index contributed by atoms with van der Waals surface area (Å²) in [5, 5.41) is 8.31. The molecule has 1 heterocycles. The zero-order chi connectivity index (χ0) is 7.94. The lowest BCUT2D eigenvalue weighted by molar-refractivity contribution is 0.0848. The van der Waals surface area contributed by atoms with E-state index in [1.807, 2.05) is 0 Å². The van der Waals surface area contributed by atoms with Gasteiger partial charge in [0.2, 0.25) is 0 Å². The Kier molecular flexibility index (Phi) is 1.74. The van der Waals surface area contributed by atoms with Crippen LogP contribution < -0.4 is 0 Å². The number of hydrogen-bond donors (Lipinski definition) is 1. The lowest BCUT2D eigenvalue weighted by atomic mass is 10.2. The van der Waals surface area contributed by atoms with Crippen molar-refractivity contribution >= 4 is 10.1 Å². The zero-order valence-electron chi connectivity index (χ0n) is 5.81. The molecule has 1 aliphatic heterocycles. The quantitative estimate of drug-likeness (QED) is 0.492. The summed E-state index contributed by atoms with van der Waals surface area (Å²) in [6.45, 7) is 2.97. The van der Waals surface area contributed by atoms with Crippen LogP contribution in [0.5, 0.6) is 0 Å². The third kappa shape index (κ3) is 1.04. The Bertz CT molecular complexity index is 220. The highest BCUT2D eigenvalue weighted by Crippen LogP contribution is 2.23. The average Bonchev–Trinajstić information content (AvgIpc) is 1.95. The second-order valence-corrected chi connectivity index (χ2v) is 4.41. The van der Waals surface area contributed by atoms with E-state index in [1.54, 1.807) is 0 Å². The molecule has 4 nitrogen and oxygen atoms in total. The van der Waals surface area contributed by atoms with Crippen molar-refractivity contribution in [2.24, 2.45) is 0 Å². The normalized spacial score (nSPS) is 45.7. The fraction of sp³-hybridized carbons (Fsp3) is 1.00. The average molecular weight is 166 g/mol. The van der Waals surface area contributed by atoms with E-state index in [-0.39, 0.29) is 0 Å². The third-order valence-corrected chi connectivity index (χ3v) is 3.46. The lowest BCUT2D eigenvalue weighted by Gasteiger charge is -2.05. The summed E-state index contributed by atoms with van der Waals surface area (Å²) in [5.74, 6) is 0. The summed E-state index contributed by atoms with van der Waals surface area (Å²) < 4.78 is 26.1. The van der Waals surface area contributed by atoms with Gasteiger partial charge in [-0.25, -0.2) is 0 Å². The molecule has 0 saturated carbocycles. The minimum Gasteiger partial charge on any atom is -0.389 e. The van der Waals surface area contributed by atoms with Crippen LogP contribution in [-0.4, -0.2) is 31.0 Å². The molecule has 5 heteroatoms. The molecule has 0 aromatic rings. The highest BCUT2D eigenvalue weighted by molar-refractivity contribution is 7.87. The van der Waals surface area contributed by atoms with Gasteiger partial charge in [-0.2, -0.15) is 8.42 Å². The molecule has 0 amide bonds. The molecule has 1 saturated heterocycles. The third-order valence-electron chi connectivity index (χ3n) is 1.70. The van der Waals surface area contributed by atoms with E-state index in [2.05, 4.69) is 4.18 Å². The Hall–Kier alpha value is -0.130. The minimum atomic E-state index is -3.47. The molecule has 10 heavy (non-hydrogen) atoms. The van der Waals surface area contributed by atoms with Crippen LogP contribution in [0.1, 0.15) is 13.8 Å². The lowest BCUT2D eigenvalue weighted by Crippen LogP contribution is -2.26. The Morgan fingerprint density at radius 2 is 1.90 bits per heavy atom. The van der Waals surface area contributed by atoms with Gasteiger partial charge < -0.3 is 5.11 Å². The van der Waals surface area contributed by atoms with Crippen molar-refractivity contribution in [1.29, 1.82) is 0 Å². The predicted octanol–water partition coefficient (Wildman–Crippen LogP) is -0.516. The molecule has 0 aliphatic carbocycles. The molecule has 60 valence electrons. The van der Waals surface area contributed by atoms with E-state index >= 15 is 0 Å². The van der Waals surface area contributed by atoms with Crippen LogP contribution in [0, 0.1) is 0 Å². The van der Waals surface area contributed by atoms with Crippen molar-refractivity contribution in [3.8, 4) is 0 Å². The van der Waals surface area contributed by atoms with Crippen LogP contribution >= 0.6 is 0 Å². The Balaban J connectivity index is 2.93. The first-order chi connectivity index (χ1) is 4.45. The molecule has 1 rings (SSSR count). The van der Waals surface area contributed by atoms with Crippen molar-refractivity contribution in [3.63, 3.8) is 0 Å². The molecule has 0 spiro atoms. The number of hydrogen-bond acceptors (Lipinski definition) is 4. The van der Waals surface area contributed by atoms with Gasteiger partial charge in [0, 0.05) is 0 Å². The van der Waals surface area contributed by atoms with Crippen LogP contribution in [0.3, 0.4) is 0 Å². The zero-order valence-corrected chi connectivity index (χ0v) is 6.63. The van der Waals surface area contributed by atoms with E-state index in [0.717, 1.165) is 0 Å². The van der Waals surface area contributed by atoms with Crippen LogP contribution in [0.25, 0.3) is 0 Å². The molecule has 1 fully saturated rings. The summed E-state index contributed by atoms with van der Waals surface area (Å²) in [4.78, 5) is 0. The van der Waals surface area contributed by atoms with E-state index in [9.17, 15) is 8.42 Å². The Labute approximate surface area is 59.9 Å². The van der Waals surface area contributed by atoms with Gasteiger partial charge in [-0.1, -0.05) is 0 Å². The first-order valence-corrected chi connectivity index (χ1v) is 4.52. The predicted molar refractivity (Wildman–Crippen MR) is 34.9 cm³/mol. The van der Waals surface area contributed by atoms with E-state index in [1.165, 1.54) is 13.8 Å². The number of aliphatic hydroxyl groups excluding tert-OH is 1. The maximum absolute atomic E-state index is 10.8. The van der Waals surface area contributed by atoms with Gasteiger partial charge in [0.05, 0.1) is 0 Å².